The molecule has 1 rings (SSSR count). The van der Waals surface area contributed by atoms with Crippen LogP contribution in [0.5, 0.6) is 0 Å². The smallest absolute Gasteiger partial charge is 0.205 e. The maximum Gasteiger partial charge on any atom is 0.205 e. The highest BCUT2D eigenvalue weighted by atomic mass is 32.1. The second-order valence-corrected chi connectivity index (χ2v) is 5.39. The summed E-state index contributed by atoms with van der Waals surface area (Å²) in [6.07, 6.45) is 0.919. The lowest BCUT2D eigenvalue weighted by Crippen LogP contribution is -2.27. The van der Waals surface area contributed by atoms with Gasteiger partial charge in [0.15, 0.2) is 0 Å². The lowest BCUT2D eigenvalue weighted by molar-refractivity contribution is 0.625. The number of hydrogen-bond donors (Lipinski definition) is 0. The van der Waals surface area contributed by atoms with Crippen molar-refractivity contribution in [2.24, 2.45) is 11.8 Å². The van der Waals surface area contributed by atoms with E-state index in [4.69, 9.17) is 5.26 Å². The third-order valence-corrected chi connectivity index (χ3v) is 3.23. The summed E-state index contributed by atoms with van der Waals surface area (Å²) >= 11 is 1.43. The molecule has 1 atom stereocenters. The fraction of sp³-hybridized carbons (Fsp3) is 0.750. The molecule has 0 amide bonds. The largest absolute Gasteiger partial charge is 0.346 e. The number of rotatable bonds is 6. The molecule has 0 saturated carbocycles. The number of hydrogen-bond acceptors (Lipinski definition) is 5. The van der Waals surface area contributed by atoms with Crippen molar-refractivity contribution in [3.8, 4) is 6.07 Å². The molecular formula is C12H20N4S. The van der Waals surface area contributed by atoms with E-state index in [0.29, 0.717) is 5.92 Å². The van der Waals surface area contributed by atoms with Crippen molar-refractivity contribution in [1.82, 2.24) is 9.36 Å². The Bertz CT molecular complexity index is 380. The molecule has 0 aliphatic rings. The molecule has 0 saturated heterocycles. The Morgan fingerprint density at radius 2 is 2.12 bits per heavy atom. The summed E-state index contributed by atoms with van der Waals surface area (Å²) < 4.78 is 4.36. The minimum atomic E-state index is 0.0207. The van der Waals surface area contributed by atoms with E-state index in [0.717, 1.165) is 30.5 Å². The first-order chi connectivity index (χ1) is 8.06. The van der Waals surface area contributed by atoms with Gasteiger partial charge in [0.1, 0.15) is 5.82 Å². The monoisotopic (exact) mass is 252 g/mol. The minimum Gasteiger partial charge on any atom is -0.346 e. The molecule has 1 heterocycles. The number of nitrogens with zero attached hydrogens (tertiary/aromatic N) is 4. The van der Waals surface area contributed by atoms with Crippen molar-refractivity contribution in [3.05, 3.63) is 5.82 Å². The topological polar surface area (TPSA) is 52.8 Å². The zero-order valence-electron chi connectivity index (χ0n) is 11.0. The van der Waals surface area contributed by atoms with Crippen LogP contribution in [0.4, 0.5) is 5.13 Å². The van der Waals surface area contributed by atoms with Gasteiger partial charge in [-0.3, -0.25) is 0 Å². The van der Waals surface area contributed by atoms with Crippen molar-refractivity contribution in [3.63, 3.8) is 0 Å². The SMILES string of the molecule is CCN(CC(C)C#N)c1nc(CC(C)C)ns1. The maximum atomic E-state index is 8.84. The highest BCUT2D eigenvalue weighted by Gasteiger charge is 2.14. The fourth-order valence-electron chi connectivity index (χ4n) is 1.54. The van der Waals surface area contributed by atoms with Gasteiger partial charge in [-0.25, -0.2) is 4.98 Å². The predicted molar refractivity (Wildman–Crippen MR) is 71.1 cm³/mol. The molecule has 17 heavy (non-hydrogen) atoms. The maximum absolute atomic E-state index is 8.84. The van der Waals surface area contributed by atoms with Crippen LogP contribution in [-0.4, -0.2) is 22.4 Å². The van der Waals surface area contributed by atoms with Gasteiger partial charge in [0.25, 0.3) is 0 Å². The van der Waals surface area contributed by atoms with Crippen molar-refractivity contribution in [1.29, 1.82) is 5.26 Å². The van der Waals surface area contributed by atoms with Crippen LogP contribution in [0.2, 0.25) is 0 Å². The number of nitriles is 1. The van der Waals surface area contributed by atoms with Gasteiger partial charge >= 0.3 is 0 Å². The van der Waals surface area contributed by atoms with E-state index in [1.807, 2.05) is 6.92 Å². The van der Waals surface area contributed by atoms with E-state index in [-0.39, 0.29) is 5.92 Å². The van der Waals surface area contributed by atoms with Gasteiger partial charge in [0, 0.05) is 31.0 Å². The van der Waals surface area contributed by atoms with Crippen LogP contribution in [0.25, 0.3) is 0 Å². The Morgan fingerprint density at radius 3 is 2.65 bits per heavy atom. The summed E-state index contributed by atoms with van der Waals surface area (Å²) in [5, 5.41) is 9.78. The third-order valence-electron chi connectivity index (χ3n) is 2.42. The van der Waals surface area contributed by atoms with E-state index in [9.17, 15) is 0 Å². The van der Waals surface area contributed by atoms with Crippen LogP contribution in [0, 0.1) is 23.2 Å². The van der Waals surface area contributed by atoms with Crippen molar-refractivity contribution >= 4 is 16.7 Å². The van der Waals surface area contributed by atoms with Crippen LogP contribution in [0.3, 0.4) is 0 Å². The highest BCUT2D eigenvalue weighted by molar-refractivity contribution is 7.09. The Morgan fingerprint density at radius 1 is 1.41 bits per heavy atom. The van der Waals surface area contributed by atoms with Gasteiger partial charge in [0.2, 0.25) is 5.13 Å². The molecule has 0 aliphatic heterocycles. The molecule has 4 nitrogen and oxygen atoms in total. The second kappa shape index (κ2) is 6.55. The van der Waals surface area contributed by atoms with Gasteiger partial charge in [-0.05, 0) is 19.8 Å². The molecule has 0 radical (unpaired) electrons. The summed E-state index contributed by atoms with van der Waals surface area (Å²) in [7, 11) is 0. The molecular weight excluding hydrogens is 232 g/mol. The molecule has 0 bridgehead atoms. The van der Waals surface area contributed by atoms with Gasteiger partial charge in [-0.15, -0.1) is 0 Å². The number of aromatic nitrogens is 2. The van der Waals surface area contributed by atoms with Gasteiger partial charge in [-0.1, -0.05) is 13.8 Å². The van der Waals surface area contributed by atoms with Crippen LogP contribution in [0.1, 0.15) is 33.5 Å². The average Bonchev–Trinajstić information content (AvgIpc) is 2.72. The average molecular weight is 252 g/mol. The van der Waals surface area contributed by atoms with E-state index in [1.165, 1.54) is 11.5 Å². The van der Waals surface area contributed by atoms with Crippen LogP contribution < -0.4 is 4.90 Å². The number of anilines is 1. The summed E-state index contributed by atoms with van der Waals surface area (Å²) in [6, 6.07) is 2.25. The molecule has 0 aromatic carbocycles. The fourth-order valence-corrected chi connectivity index (χ4v) is 2.30. The summed E-state index contributed by atoms with van der Waals surface area (Å²) in [4.78, 5) is 6.65. The first-order valence-corrected chi connectivity index (χ1v) is 6.81. The van der Waals surface area contributed by atoms with E-state index in [1.54, 1.807) is 0 Å². The summed E-state index contributed by atoms with van der Waals surface area (Å²) in [6.45, 7) is 9.92. The zero-order chi connectivity index (χ0) is 12.8. The van der Waals surface area contributed by atoms with Gasteiger partial charge in [0.05, 0.1) is 12.0 Å². The van der Waals surface area contributed by atoms with Crippen LogP contribution in [0.15, 0.2) is 0 Å². The van der Waals surface area contributed by atoms with Crippen molar-refractivity contribution in [2.75, 3.05) is 18.0 Å². The van der Waals surface area contributed by atoms with Crippen LogP contribution >= 0.6 is 11.5 Å². The normalized spacial score (nSPS) is 12.5. The third kappa shape index (κ3) is 4.31. The van der Waals surface area contributed by atoms with Gasteiger partial charge in [-0.2, -0.15) is 9.64 Å². The quantitative estimate of drug-likeness (QED) is 0.781. The second-order valence-electron chi connectivity index (χ2n) is 4.66. The van der Waals surface area contributed by atoms with Crippen LogP contribution in [-0.2, 0) is 6.42 Å². The predicted octanol–water partition coefficient (Wildman–Crippen LogP) is 2.72. The zero-order valence-corrected chi connectivity index (χ0v) is 11.8. The Kier molecular flexibility index (Phi) is 5.36. The molecule has 0 spiro atoms. The lowest BCUT2D eigenvalue weighted by Gasteiger charge is -2.20. The van der Waals surface area contributed by atoms with E-state index in [2.05, 4.69) is 41.1 Å². The lowest BCUT2D eigenvalue weighted by atomic mass is 10.1. The summed E-state index contributed by atoms with van der Waals surface area (Å²) in [5.41, 5.74) is 0. The Balaban J connectivity index is 2.69. The highest BCUT2D eigenvalue weighted by Crippen LogP contribution is 2.19. The first kappa shape index (κ1) is 13.9. The van der Waals surface area contributed by atoms with E-state index < -0.39 is 0 Å². The Labute approximate surface area is 107 Å². The van der Waals surface area contributed by atoms with Gasteiger partial charge < -0.3 is 4.90 Å². The molecule has 1 unspecified atom stereocenters. The molecule has 0 aliphatic carbocycles. The molecule has 1 aromatic rings. The molecule has 94 valence electrons. The minimum absolute atomic E-state index is 0.0207. The molecule has 1 aromatic heterocycles. The summed E-state index contributed by atoms with van der Waals surface area (Å²) in [5.74, 6) is 1.51. The Hall–Kier alpha value is -1.15. The molecule has 0 N–H and O–H groups in total. The standard InChI is InChI=1S/C12H20N4S/c1-5-16(8-10(4)7-13)12-14-11(15-17-12)6-9(2)3/h9-10H,5-6,8H2,1-4H3. The van der Waals surface area contributed by atoms with Crippen molar-refractivity contribution in [2.45, 2.75) is 34.1 Å². The first-order valence-electron chi connectivity index (χ1n) is 6.04. The molecule has 0 fully saturated rings. The van der Waals surface area contributed by atoms with Crippen molar-refractivity contribution < 1.29 is 0 Å². The molecule has 5 heteroatoms. The van der Waals surface area contributed by atoms with E-state index >= 15 is 0 Å².